The zero-order chi connectivity index (χ0) is 12.1. The Kier molecular flexibility index (Phi) is 14.4. The van der Waals surface area contributed by atoms with Gasteiger partial charge in [0.15, 0.2) is 6.29 Å². The maximum Gasteiger partial charge on any atom is 0.303 e. The number of hydrogen-bond donors (Lipinski definition) is 1. The minimum atomic E-state index is -0.791. The highest BCUT2D eigenvalue weighted by atomic mass is 16.7. The molecule has 0 aromatic rings. The highest BCUT2D eigenvalue weighted by Crippen LogP contribution is 1.96. The number of hydrogen-bond acceptors (Lipinski definition) is 4. The van der Waals surface area contributed by atoms with Crippen molar-refractivity contribution in [3.8, 4) is 0 Å². The molecule has 5 heteroatoms. The lowest BCUT2D eigenvalue weighted by Gasteiger charge is -2.03. The third-order valence-electron chi connectivity index (χ3n) is 1.63. The zero-order valence-electron chi connectivity index (χ0n) is 9.56. The van der Waals surface area contributed by atoms with Gasteiger partial charge in [0.1, 0.15) is 6.29 Å². The summed E-state index contributed by atoms with van der Waals surface area (Å²) in [6, 6.07) is 0. The van der Waals surface area contributed by atoms with Crippen LogP contribution in [0.3, 0.4) is 0 Å². The monoisotopic (exact) mass is 220 g/mol. The van der Waals surface area contributed by atoms with Gasteiger partial charge in [-0.3, -0.25) is 4.79 Å². The maximum absolute atomic E-state index is 9.87. The Bertz CT molecular complexity index is 154. The Morgan fingerprint density at radius 3 is 2.13 bits per heavy atom. The van der Waals surface area contributed by atoms with Crippen molar-refractivity contribution in [3.05, 3.63) is 0 Å². The molecule has 0 unspecified atom stereocenters. The number of unbranched alkanes of at least 4 members (excludes halogenated alkanes) is 2. The first-order chi connectivity index (χ1) is 7.08. The Hall–Kier alpha value is -0.940. The molecule has 0 radical (unpaired) electrons. The predicted molar refractivity (Wildman–Crippen MR) is 55.6 cm³/mol. The fourth-order valence-electron chi connectivity index (χ4n) is 0.600. The fraction of sp³-hybridized carbons (Fsp3) is 0.800. The molecule has 0 aliphatic carbocycles. The van der Waals surface area contributed by atoms with E-state index in [1.807, 2.05) is 6.92 Å². The Morgan fingerprint density at radius 2 is 1.87 bits per heavy atom. The molecule has 90 valence electrons. The molecule has 0 bridgehead atoms. The van der Waals surface area contributed by atoms with Gasteiger partial charge in [-0.25, -0.2) is 0 Å². The van der Waals surface area contributed by atoms with E-state index in [-0.39, 0.29) is 12.7 Å². The molecule has 0 atom stereocenters. The summed E-state index contributed by atoms with van der Waals surface area (Å²) in [5.41, 5.74) is 0. The van der Waals surface area contributed by atoms with Gasteiger partial charge in [0.25, 0.3) is 0 Å². The molecular weight excluding hydrogens is 200 g/mol. The number of methoxy groups -OCH3 is 2. The average Bonchev–Trinajstić information content (AvgIpc) is 2.24. The fourth-order valence-corrected chi connectivity index (χ4v) is 0.600. The van der Waals surface area contributed by atoms with Crippen LogP contribution in [0, 0.1) is 0 Å². The average molecular weight is 220 g/mol. The van der Waals surface area contributed by atoms with Gasteiger partial charge in [-0.15, -0.1) is 0 Å². The van der Waals surface area contributed by atoms with Crippen molar-refractivity contribution in [1.29, 1.82) is 0 Å². The van der Waals surface area contributed by atoms with Gasteiger partial charge in [0, 0.05) is 27.1 Å². The van der Waals surface area contributed by atoms with Crippen molar-refractivity contribution < 1.29 is 24.2 Å². The van der Waals surface area contributed by atoms with E-state index in [0.717, 1.165) is 6.29 Å². The van der Waals surface area contributed by atoms with Gasteiger partial charge in [-0.05, 0) is 19.8 Å². The van der Waals surface area contributed by atoms with Crippen LogP contribution < -0.4 is 0 Å². The van der Waals surface area contributed by atoms with E-state index in [0.29, 0.717) is 19.3 Å². The molecule has 0 spiro atoms. The third kappa shape index (κ3) is 19.5. The van der Waals surface area contributed by atoms with E-state index < -0.39 is 5.97 Å². The molecule has 0 rings (SSSR count). The second-order valence-corrected chi connectivity index (χ2v) is 2.85. The predicted octanol–water partition coefficient (Wildman–Crippen LogP) is 1.46. The van der Waals surface area contributed by atoms with Gasteiger partial charge >= 0.3 is 5.97 Å². The van der Waals surface area contributed by atoms with Crippen LogP contribution >= 0.6 is 0 Å². The van der Waals surface area contributed by atoms with Crippen molar-refractivity contribution in [3.63, 3.8) is 0 Å². The first-order valence-electron chi connectivity index (χ1n) is 4.79. The third-order valence-corrected chi connectivity index (χ3v) is 1.63. The van der Waals surface area contributed by atoms with Crippen LogP contribution in [0.25, 0.3) is 0 Å². The molecule has 5 nitrogen and oxygen atoms in total. The number of carbonyl (C=O) groups is 2. The number of carboxylic acid groups (broad SMARTS) is 1. The number of carbonyl (C=O) groups excluding carboxylic acids is 1. The van der Waals surface area contributed by atoms with Crippen LogP contribution in [0.2, 0.25) is 0 Å². The first kappa shape index (κ1) is 16.5. The second kappa shape index (κ2) is 13.1. The number of rotatable bonds is 7. The second-order valence-electron chi connectivity index (χ2n) is 2.85. The molecular formula is C10H20O5. The summed E-state index contributed by atoms with van der Waals surface area (Å²) >= 11 is 0. The highest BCUT2D eigenvalue weighted by molar-refractivity contribution is 5.66. The lowest BCUT2D eigenvalue weighted by Crippen LogP contribution is -2.05. The van der Waals surface area contributed by atoms with Gasteiger partial charge < -0.3 is 19.4 Å². The largest absolute Gasteiger partial charge is 0.481 e. The summed E-state index contributed by atoms with van der Waals surface area (Å²) in [6.45, 7) is 1.83. The maximum atomic E-state index is 9.87. The Balaban J connectivity index is 0. The van der Waals surface area contributed by atoms with E-state index >= 15 is 0 Å². The molecule has 0 fully saturated rings. The van der Waals surface area contributed by atoms with Crippen molar-refractivity contribution in [1.82, 2.24) is 0 Å². The van der Waals surface area contributed by atoms with Crippen molar-refractivity contribution in [2.24, 2.45) is 0 Å². The Morgan fingerprint density at radius 1 is 1.33 bits per heavy atom. The molecule has 0 amide bonds. The normalized spacial score (nSPS) is 9.33. The quantitative estimate of drug-likeness (QED) is 0.399. The minimum Gasteiger partial charge on any atom is -0.481 e. The number of aldehydes is 1. The number of aliphatic carboxylic acids is 1. The summed E-state index contributed by atoms with van der Waals surface area (Å²) in [5.74, 6) is -0.791. The van der Waals surface area contributed by atoms with E-state index in [4.69, 9.17) is 5.11 Å². The lowest BCUT2D eigenvalue weighted by atomic mass is 10.2. The standard InChI is InChI=1S/C6H10O3.C4H10O2/c7-5-3-1-2-4-6(8)9;1-4(5-2)6-3/h5H,1-4H2,(H,8,9);4H,1-3H3. The van der Waals surface area contributed by atoms with E-state index in [1.165, 1.54) is 0 Å². The van der Waals surface area contributed by atoms with Crippen molar-refractivity contribution in [2.75, 3.05) is 14.2 Å². The van der Waals surface area contributed by atoms with Crippen molar-refractivity contribution >= 4 is 12.3 Å². The summed E-state index contributed by atoms with van der Waals surface area (Å²) in [6.07, 6.45) is 2.69. The topological polar surface area (TPSA) is 72.8 Å². The van der Waals surface area contributed by atoms with Crippen LogP contribution in [-0.2, 0) is 19.1 Å². The van der Waals surface area contributed by atoms with Crippen LogP contribution in [0.4, 0.5) is 0 Å². The van der Waals surface area contributed by atoms with Gasteiger partial charge in [-0.1, -0.05) is 0 Å². The molecule has 0 aromatic carbocycles. The highest BCUT2D eigenvalue weighted by Gasteiger charge is 1.94. The molecule has 1 N–H and O–H groups in total. The van der Waals surface area contributed by atoms with Gasteiger partial charge in [0.2, 0.25) is 0 Å². The zero-order valence-corrected chi connectivity index (χ0v) is 9.56. The molecule has 0 saturated heterocycles. The van der Waals surface area contributed by atoms with Crippen molar-refractivity contribution in [2.45, 2.75) is 38.9 Å². The van der Waals surface area contributed by atoms with Gasteiger partial charge in [0.05, 0.1) is 0 Å². The van der Waals surface area contributed by atoms with E-state index in [1.54, 1.807) is 14.2 Å². The summed E-state index contributed by atoms with van der Waals surface area (Å²) in [4.78, 5) is 19.6. The summed E-state index contributed by atoms with van der Waals surface area (Å²) in [5, 5.41) is 8.12. The Labute approximate surface area is 90.4 Å². The molecule has 0 saturated carbocycles. The number of ether oxygens (including phenoxy) is 2. The lowest BCUT2D eigenvalue weighted by molar-refractivity contribution is -0.137. The van der Waals surface area contributed by atoms with Crippen LogP contribution in [0.15, 0.2) is 0 Å². The van der Waals surface area contributed by atoms with E-state index in [9.17, 15) is 9.59 Å². The molecule has 15 heavy (non-hydrogen) atoms. The summed E-state index contributed by atoms with van der Waals surface area (Å²) in [7, 11) is 3.21. The van der Waals surface area contributed by atoms with Crippen LogP contribution in [0.1, 0.15) is 32.6 Å². The molecule has 0 aliphatic rings. The van der Waals surface area contributed by atoms with Crippen LogP contribution in [0.5, 0.6) is 0 Å². The SMILES string of the molecule is COC(C)OC.O=CCCCCC(=O)O. The number of carboxylic acids is 1. The first-order valence-corrected chi connectivity index (χ1v) is 4.79. The smallest absolute Gasteiger partial charge is 0.303 e. The summed E-state index contributed by atoms with van der Waals surface area (Å²) < 4.78 is 9.35. The minimum absolute atomic E-state index is 0.0648. The molecule has 0 heterocycles. The van der Waals surface area contributed by atoms with E-state index in [2.05, 4.69) is 9.47 Å². The molecule has 0 aliphatic heterocycles. The van der Waals surface area contributed by atoms with Crippen LogP contribution in [-0.4, -0.2) is 37.9 Å². The van der Waals surface area contributed by atoms with Gasteiger partial charge in [-0.2, -0.15) is 0 Å². The molecule has 0 aromatic heterocycles.